The molecule has 0 fully saturated rings. The second-order valence-electron chi connectivity index (χ2n) is 4.55. The number of anilines is 1. The molecule has 1 amide bonds. The average Bonchev–Trinajstić information content (AvgIpc) is 2.35. The van der Waals surface area contributed by atoms with E-state index in [1.165, 1.54) is 26.5 Å². The van der Waals surface area contributed by atoms with Gasteiger partial charge in [-0.05, 0) is 0 Å². The molecule has 0 unspecified atom stereocenters. The molecule has 0 spiro atoms. The van der Waals surface area contributed by atoms with Gasteiger partial charge in [0.25, 0.3) is 0 Å². The fourth-order valence-corrected chi connectivity index (χ4v) is 1.69. The molecule has 0 saturated heterocycles. The van der Waals surface area contributed by atoms with Crippen LogP contribution in [0.2, 0.25) is 0 Å². The van der Waals surface area contributed by atoms with Crippen LogP contribution in [0.25, 0.3) is 0 Å². The summed E-state index contributed by atoms with van der Waals surface area (Å²) in [7, 11) is 0. The van der Waals surface area contributed by atoms with Crippen LogP contribution in [0.1, 0.15) is 20.3 Å². The van der Waals surface area contributed by atoms with Crippen molar-refractivity contribution in [2.75, 3.05) is 18.5 Å². The standard InChI is InChI=1S/C13H16F2NO2.Ti/c1-9(2)8-18-6-5-13(17)16-12-4-3-10(14)7-11(12)15;/h3-4,9H,5-6,8H2,1-2H3,(H,16,17);. The minimum absolute atomic E-state index is 0.00670. The van der Waals surface area contributed by atoms with Crippen LogP contribution in [-0.4, -0.2) is 19.1 Å². The van der Waals surface area contributed by atoms with Crippen molar-refractivity contribution in [3.63, 3.8) is 0 Å². The number of rotatable bonds is 6. The predicted octanol–water partition coefficient (Wildman–Crippen LogP) is 2.14. The first kappa shape index (κ1) is 16.3. The van der Waals surface area contributed by atoms with E-state index in [9.17, 15) is 13.6 Å². The van der Waals surface area contributed by atoms with Crippen molar-refractivity contribution in [3.8, 4) is 0 Å². The molecule has 0 aliphatic rings. The van der Waals surface area contributed by atoms with Gasteiger partial charge in [-0.1, -0.05) is 0 Å². The van der Waals surface area contributed by atoms with E-state index in [1.54, 1.807) is 0 Å². The topological polar surface area (TPSA) is 38.3 Å². The number of carbonyl (C=O) groups is 1. The Morgan fingerprint density at radius 3 is 2.74 bits per heavy atom. The Balaban J connectivity index is 2.47. The minimum atomic E-state index is -0.739. The molecular weight excluding hydrogens is 288 g/mol. The van der Waals surface area contributed by atoms with Gasteiger partial charge in [0.05, 0.1) is 0 Å². The van der Waals surface area contributed by atoms with Gasteiger partial charge >= 0.3 is 123 Å². The van der Waals surface area contributed by atoms with Gasteiger partial charge in [0.15, 0.2) is 0 Å². The fourth-order valence-electron chi connectivity index (χ4n) is 1.35. The quantitative estimate of drug-likeness (QED) is 0.646. The monoisotopic (exact) mass is 304 g/mol. The molecule has 0 aliphatic carbocycles. The van der Waals surface area contributed by atoms with Crippen molar-refractivity contribution in [2.24, 2.45) is 5.92 Å². The summed E-state index contributed by atoms with van der Waals surface area (Å²) in [6.45, 7) is 4.89. The summed E-state index contributed by atoms with van der Waals surface area (Å²) in [4.78, 5) is 11.6. The molecule has 1 aromatic carbocycles. The first-order valence-corrected chi connectivity index (χ1v) is 6.77. The van der Waals surface area contributed by atoms with Crippen molar-refractivity contribution in [2.45, 2.75) is 20.3 Å². The van der Waals surface area contributed by atoms with Gasteiger partial charge in [-0.15, -0.1) is 0 Å². The van der Waals surface area contributed by atoms with Gasteiger partial charge in [-0.3, -0.25) is 0 Å². The number of hydrogen-bond acceptors (Lipinski definition) is 2. The van der Waals surface area contributed by atoms with Crippen molar-refractivity contribution in [1.82, 2.24) is 0 Å². The van der Waals surface area contributed by atoms with Crippen LogP contribution in [0.3, 0.4) is 0 Å². The van der Waals surface area contributed by atoms with Gasteiger partial charge in [-0.2, -0.15) is 0 Å². The Hall–Kier alpha value is -0.776. The maximum absolute atomic E-state index is 13.6. The van der Waals surface area contributed by atoms with E-state index in [1.807, 2.05) is 13.8 Å². The molecule has 1 N–H and O–H groups in total. The Morgan fingerprint density at radius 1 is 1.42 bits per heavy atom. The second-order valence-corrected chi connectivity index (χ2v) is 5.33. The Morgan fingerprint density at radius 2 is 2.11 bits per heavy atom. The van der Waals surface area contributed by atoms with Crippen molar-refractivity contribution < 1.29 is 38.7 Å². The summed E-state index contributed by atoms with van der Waals surface area (Å²) < 4.78 is 31.8. The zero-order valence-electron chi connectivity index (χ0n) is 10.9. The number of halogens is 2. The summed E-state index contributed by atoms with van der Waals surface area (Å²) in [6.07, 6.45) is 0.141. The van der Waals surface area contributed by atoms with Crippen LogP contribution in [0.5, 0.6) is 0 Å². The van der Waals surface area contributed by atoms with E-state index in [0.717, 1.165) is 6.07 Å². The van der Waals surface area contributed by atoms with E-state index in [0.29, 0.717) is 12.5 Å². The molecule has 0 heterocycles. The van der Waals surface area contributed by atoms with Crippen LogP contribution in [0.4, 0.5) is 14.5 Å². The number of carbonyl (C=O) groups excluding carboxylic acids is 1. The molecule has 0 aromatic heterocycles. The van der Waals surface area contributed by atoms with E-state index in [-0.39, 0.29) is 28.5 Å². The Labute approximate surface area is 123 Å². The van der Waals surface area contributed by atoms with Gasteiger partial charge in [0, 0.05) is 0 Å². The summed E-state index contributed by atoms with van der Waals surface area (Å²) in [6, 6.07) is 2.34. The van der Waals surface area contributed by atoms with Gasteiger partial charge in [0.1, 0.15) is 0 Å². The molecule has 19 heavy (non-hydrogen) atoms. The van der Waals surface area contributed by atoms with Crippen LogP contribution in [-0.2, 0) is 30.0 Å². The van der Waals surface area contributed by atoms with Crippen molar-refractivity contribution in [1.29, 1.82) is 0 Å². The van der Waals surface area contributed by atoms with E-state index in [2.05, 4.69) is 5.32 Å². The zero-order valence-corrected chi connectivity index (χ0v) is 12.5. The second kappa shape index (κ2) is 7.73. The summed E-state index contributed by atoms with van der Waals surface area (Å²) in [5.41, 5.74) is -0.00670. The zero-order chi connectivity index (χ0) is 14.4. The summed E-state index contributed by atoms with van der Waals surface area (Å²) in [5.74, 6) is -1.32. The van der Waals surface area contributed by atoms with Crippen LogP contribution < -0.4 is 9.18 Å². The third-order valence-corrected chi connectivity index (χ3v) is 3.01. The molecule has 103 valence electrons. The van der Waals surface area contributed by atoms with Crippen LogP contribution in [0, 0.1) is 17.6 Å². The number of amides is 1. The number of ether oxygens (including phenoxy) is 1. The number of hydrogen-bond donors (Lipinski definition) is 1. The van der Waals surface area contributed by atoms with Gasteiger partial charge in [0.2, 0.25) is 0 Å². The molecule has 0 bridgehead atoms. The molecule has 3 nitrogen and oxygen atoms in total. The van der Waals surface area contributed by atoms with Crippen molar-refractivity contribution in [3.05, 3.63) is 23.8 Å². The Bertz CT molecular complexity index is 453. The first-order chi connectivity index (χ1) is 8.91. The molecule has 0 atom stereocenters. The maximum atomic E-state index is 13.6. The molecular formula is C13H16F2NO2Ti. The predicted molar refractivity (Wildman–Crippen MR) is 64.9 cm³/mol. The third kappa shape index (κ3) is 5.39. The van der Waals surface area contributed by atoms with Gasteiger partial charge < -0.3 is 0 Å². The summed E-state index contributed by atoms with van der Waals surface area (Å²) in [5, 5.41) is 2.41. The number of nitrogens with one attached hydrogen (secondary N) is 1. The molecule has 6 heteroatoms. The van der Waals surface area contributed by atoms with E-state index >= 15 is 0 Å². The third-order valence-electron chi connectivity index (χ3n) is 2.29. The molecule has 1 rings (SSSR count). The van der Waals surface area contributed by atoms with Crippen LogP contribution in [0.15, 0.2) is 12.1 Å². The Kier molecular flexibility index (Phi) is 6.62. The van der Waals surface area contributed by atoms with Crippen molar-refractivity contribution >= 4 is 15.5 Å². The first-order valence-electron chi connectivity index (χ1n) is 5.99. The molecule has 0 aliphatic heterocycles. The number of benzene rings is 1. The summed E-state index contributed by atoms with van der Waals surface area (Å²) >= 11 is 1.33. The van der Waals surface area contributed by atoms with Crippen LogP contribution >= 0.6 is 0 Å². The normalized spacial score (nSPS) is 10.7. The van der Waals surface area contributed by atoms with E-state index < -0.39 is 11.6 Å². The van der Waals surface area contributed by atoms with Gasteiger partial charge in [-0.25, -0.2) is 0 Å². The molecule has 0 radical (unpaired) electrons. The molecule has 1 aromatic rings. The SMILES string of the molecule is CC(C)COCCC(=O)Nc1ccc(F)[c]([Ti])c1F. The molecule has 0 saturated carbocycles. The fraction of sp³-hybridized carbons (Fsp3) is 0.462. The average molecular weight is 304 g/mol. The van der Waals surface area contributed by atoms with E-state index in [4.69, 9.17) is 4.74 Å².